The van der Waals surface area contributed by atoms with E-state index in [1.807, 2.05) is 0 Å². The summed E-state index contributed by atoms with van der Waals surface area (Å²) in [5, 5.41) is 8.24. The summed E-state index contributed by atoms with van der Waals surface area (Å²) in [5.74, 6) is -2.20. The number of carbonyl (C=O) groups is 1. The van der Waals surface area contributed by atoms with Crippen LogP contribution in [0.4, 0.5) is 8.78 Å². The number of nitrogens with two attached hydrogens (primary N) is 1. The lowest BCUT2D eigenvalue weighted by Crippen LogP contribution is -2.33. The molecule has 11 heavy (non-hydrogen) atoms. The maximum Gasteiger partial charge on any atom is 0.320 e. The topological polar surface area (TPSA) is 63.3 Å². The van der Waals surface area contributed by atoms with Crippen LogP contribution in [0.2, 0.25) is 0 Å². The number of hydrogen-bond donors (Lipinski definition) is 2. The Labute approximate surface area is 63.2 Å². The Bertz CT molecular complexity index is 141. The average molecular weight is 167 g/mol. The summed E-state index contributed by atoms with van der Waals surface area (Å²) in [6.07, 6.45) is -2.69. The number of carboxylic acid groups (broad SMARTS) is 1. The first-order valence-corrected chi connectivity index (χ1v) is 3.21. The zero-order valence-electron chi connectivity index (χ0n) is 6.13. The van der Waals surface area contributed by atoms with Gasteiger partial charge in [-0.05, 0) is 6.42 Å². The van der Waals surface area contributed by atoms with Gasteiger partial charge in [-0.25, -0.2) is 8.78 Å². The third-order valence-corrected chi connectivity index (χ3v) is 1.37. The molecule has 0 radical (unpaired) electrons. The van der Waals surface area contributed by atoms with Crippen LogP contribution in [0.25, 0.3) is 0 Å². The van der Waals surface area contributed by atoms with E-state index in [-0.39, 0.29) is 6.42 Å². The Morgan fingerprint density at radius 3 is 2.36 bits per heavy atom. The second-order valence-corrected chi connectivity index (χ2v) is 2.49. The molecule has 0 saturated carbocycles. The summed E-state index contributed by atoms with van der Waals surface area (Å²) in [5.41, 5.74) is 5.02. The number of hydrogen-bond acceptors (Lipinski definition) is 2. The molecule has 3 nitrogen and oxygen atoms in total. The quantitative estimate of drug-likeness (QED) is 0.647. The maximum absolute atomic E-state index is 11.8. The van der Waals surface area contributed by atoms with Gasteiger partial charge >= 0.3 is 5.97 Å². The normalized spacial score (nSPS) is 16.5. The number of rotatable bonds is 4. The van der Waals surface area contributed by atoms with Crippen molar-refractivity contribution in [3.63, 3.8) is 0 Å². The molecule has 0 fully saturated rings. The number of carboxylic acids is 1. The highest BCUT2D eigenvalue weighted by Crippen LogP contribution is 2.14. The van der Waals surface area contributed by atoms with Crippen LogP contribution in [-0.2, 0) is 4.79 Å². The van der Waals surface area contributed by atoms with Crippen LogP contribution in [0.1, 0.15) is 13.3 Å². The molecule has 66 valence electrons. The van der Waals surface area contributed by atoms with Crippen LogP contribution in [-0.4, -0.2) is 23.5 Å². The Morgan fingerprint density at radius 1 is 1.64 bits per heavy atom. The molecule has 0 saturated heterocycles. The lowest BCUT2D eigenvalue weighted by molar-refractivity contribution is -0.139. The largest absolute Gasteiger partial charge is 0.480 e. The fourth-order valence-electron chi connectivity index (χ4n) is 0.604. The first kappa shape index (κ1) is 10.3. The lowest BCUT2D eigenvalue weighted by atomic mass is 10.0. The predicted molar refractivity (Wildman–Crippen MR) is 35.4 cm³/mol. The lowest BCUT2D eigenvalue weighted by Gasteiger charge is -2.12. The molecule has 2 atom stereocenters. The SMILES string of the molecule is C[C@@H](C[C@H](N)C(=O)O)C(F)F. The van der Waals surface area contributed by atoms with Crippen LogP contribution in [0.15, 0.2) is 0 Å². The van der Waals surface area contributed by atoms with Crippen LogP contribution in [0, 0.1) is 5.92 Å². The van der Waals surface area contributed by atoms with E-state index >= 15 is 0 Å². The van der Waals surface area contributed by atoms with E-state index in [4.69, 9.17) is 10.8 Å². The van der Waals surface area contributed by atoms with Crippen molar-refractivity contribution in [1.82, 2.24) is 0 Å². The van der Waals surface area contributed by atoms with Gasteiger partial charge in [0.15, 0.2) is 0 Å². The molecule has 0 unspecified atom stereocenters. The minimum Gasteiger partial charge on any atom is -0.480 e. The van der Waals surface area contributed by atoms with Crippen LogP contribution >= 0.6 is 0 Å². The Kier molecular flexibility index (Phi) is 3.95. The van der Waals surface area contributed by atoms with E-state index in [0.717, 1.165) is 0 Å². The third-order valence-electron chi connectivity index (χ3n) is 1.37. The first-order valence-electron chi connectivity index (χ1n) is 3.21. The van der Waals surface area contributed by atoms with E-state index in [1.54, 1.807) is 0 Å². The van der Waals surface area contributed by atoms with Crippen LogP contribution in [0.3, 0.4) is 0 Å². The van der Waals surface area contributed by atoms with Gasteiger partial charge in [0.2, 0.25) is 6.43 Å². The van der Waals surface area contributed by atoms with Crippen molar-refractivity contribution in [2.75, 3.05) is 0 Å². The summed E-state index contributed by atoms with van der Waals surface area (Å²) in [6, 6.07) is -1.18. The van der Waals surface area contributed by atoms with Crippen molar-refractivity contribution < 1.29 is 18.7 Å². The molecular formula is C6H11F2NO2. The third kappa shape index (κ3) is 3.87. The molecule has 0 rings (SSSR count). The van der Waals surface area contributed by atoms with Crippen molar-refractivity contribution in [3.8, 4) is 0 Å². The predicted octanol–water partition coefficient (Wildman–Crippen LogP) is 0.690. The zero-order valence-corrected chi connectivity index (χ0v) is 6.13. The van der Waals surface area contributed by atoms with Crippen LogP contribution in [0.5, 0.6) is 0 Å². The molecule has 0 aromatic rings. The number of halogens is 2. The van der Waals surface area contributed by atoms with E-state index in [0.29, 0.717) is 0 Å². The molecule has 0 heterocycles. The average Bonchev–Trinajstić information content (AvgIpc) is 1.87. The van der Waals surface area contributed by atoms with Crippen molar-refractivity contribution in [2.24, 2.45) is 11.7 Å². The highest BCUT2D eigenvalue weighted by molar-refractivity contribution is 5.72. The Hall–Kier alpha value is -0.710. The molecule has 3 N–H and O–H groups in total. The van der Waals surface area contributed by atoms with E-state index in [1.165, 1.54) is 6.92 Å². The second-order valence-electron chi connectivity index (χ2n) is 2.49. The minimum atomic E-state index is -2.50. The number of alkyl halides is 2. The molecule has 0 aromatic carbocycles. The summed E-state index contributed by atoms with van der Waals surface area (Å²) >= 11 is 0. The standard InChI is InChI=1S/C6H11F2NO2/c1-3(5(7)8)2-4(9)6(10)11/h3-5H,2,9H2,1H3,(H,10,11)/t3-,4-/m0/s1. The fourth-order valence-corrected chi connectivity index (χ4v) is 0.604. The fraction of sp³-hybridized carbons (Fsp3) is 0.833. The zero-order chi connectivity index (χ0) is 9.02. The Balaban J connectivity index is 3.75. The molecule has 0 spiro atoms. The summed E-state index contributed by atoms with van der Waals surface area (Å²) < 4.78 is 23.6. The molecule has 5 heteroatoms. The highest BCUT2D eigenvalue weighted by atomic mass is 19.3. The van der Waals surface area contributed by atoms with Crippen molar-refractivity contribution >= 4 is 5.97 Å². The summed E-state index contributed by atoms with van der Waals surface area (Å²) in [7, 11) is 0. The van der Waals surface area contributed by atoms with Gasteiger partial charge in [-0.3, -0.25) is 4.79 Å². The summed E-state index contributed by atoms with van der Waals surface area (Å²) in [6.45, 7) is 1.27. The van der Waals surface area contributed by atoms with Gasteiger partial charge in [0.05, 0.1) is 0 Å². The molecule has 0 aliphatic carbocycles. The van der Waals surface area contributed by atoms with Gasteiger partial charge in [0.25, 0.3) is 0 Å². The van der Waals surface area contributed by atoms with Crippen molar-refractivity contribution in [1.29, 1.82) is 0 Å². The minimum absolute atomic E-state index is 0.188. The molecule has 0 aromatic heterocycles. The van der Waals surface area contributed by atoms with Gasteiger partial charge in [-0.2, -0.15) is 0 Å². The van der Waals surface area contributed by atoms with Gasteiger partial charge in [-0.15, -0.1) is 0 Å². The van der Waals surface area contributed by atoms with Crippen molar-refractivity contribution in [3.05, 3.63) is 0 Å². The Morgan fingerprint density at radius 2 is 2.09 bits per heavy atom. The highest BCUT2D eigenvalue weighted by Gasteiger charge is 2.21. The van der Waals surface area contributed by atoms with Crippen molar-refractivity contribution in [2.45, 2.75) is 25.8 Å². The van der Waals surface area contributed by atoms with E-state index in [9.17, 15) is 13.6 Å². The first-order chi connectivity index (χ1) is 4.95. The molecule has 0 aliphatic heterocycles. The van der Waals surface area contributed by atoms with Gasteiger partial charge in [0, 0.05) is 5.92 Å². The van der Waals surface area contributed by atoms with Gasteiger partial charge < -0.3 is 10.8 Å². The smallest absolute Gasteiger partial charge is 0.320 e. The van der Waals surface area contributed by atoms with E-state index in [2.05, 4.69) is 0 Å². The molecule has 0 amide bonds. The maximum atomic E-state index is 11.8. The molecular weight excluding hydrogens is 156 g/mol. The second kappa shape index (κ2) is 4.23. The van der Waals surface area contributed by atoms with E-state index < -0.39 is 24.4 Å². The molecule has 0 aliphatic rings. The van der Waals surface area contributed by atoms with Gasteiger partial charge in [0.1, 0.15) is 6.04 Å². The number of aliphatic carboxylic acids is 1. The van der Waals surface area contributed by atoms with Crippen LogP contribution < -0.4 is 5.73 Å². The van der Waals surface area contributed by atoms with Gasteiger partial charge in [-0.1, -0.05) is 6.92 Å². The summed E-state index contributed by atoms with van der Waals surface area (Å²) in [4.78, 5) is 10.1. The molecule has 0 bridgehead atoms. The monoisotopic (exact) mass is 167 g/mol.